The summed E-state index contributed by atoms with van der Waals surface area (Å²) in [5, 5.41) is 0.235. The highest BCUT2D eigenvalue weighted by atomic mass is 35.5. The average molecular weight is 372 g/mol. The van der Waals surface area contributed by atoms with E-state index in [0.717, 1.165) is 0 Å². The number of rotatable bonds is 3. The minimum absolute atomic E-state index is 0.216. The number of halogens is 2. The molecule has 1 fully saturated rings. The summed E-state index contributed by atoms with van der Waals surface area (Å²) in [7, 11) is 0. The highest BCUT2D eigenvalue weighted by molar-refractivity contribution is 6.30. The van der Waals surface area contributed by atoms with Crippen molar-refractivity contribution in [1.29, 1.82) is 0 Å². The molecule has 2 rings (SSSR count). The van der Waals surface area contributed by atoms with Crippen molar-refractivity contribution in [3.63, 3.8) is 0 Å². The van der Waals surface area contributed by atoms with Gasteiger partial charge in [0.05, 0.1) is 12.6 Å². The van der Waals surface area contributed by atoms with Crippen LogP contribution in [0.4, 0.5) is 9.18 Å². The van der Waals surface area contributed by atoms with Crippen LogP contribution in [-0.2, 0) is 14.3 Å². The van der Waals surface area contributed by atoms with Crippen molar-refractivity contribution in [2.24, 2.45) is 0 Å². The number of amides is 1. The molecule has 25 heavy (non-hydrogen) atoms. The third-order valence-corrected chi connectivity index (χ3v) is 4.04. The van der Waals surface area contributed by atoms with Crippen LogP contribution in [0, 0.1) is 5.82 Å². The van der Waals surface area contributed by atoms with Crippen LogP contribution in [0.2, 0.25) is 5.02 Å². The summed E-state index contributed by atoms with van der Waals surface area (Å²) in [5.74, 6) is -0.982. The second-order valence-corrected chi connectivity index (χ2v) is 7.39. The molecule has 1 aromatic carbocycles. The smallest absolute Gasteiger partial charge is 0.411 e. The minimum atomic E-state index is -0.762. The van der Waals surface area contributed by atoms with E-state index in [4.69, 9.17) is 21.1 Å². The number of ether oxygens (including phenoxy) is 2. The number of hydrogen-bond donors (Lipinski definition) is 0. The van der Waals surface area contributed by atoms with Crippen LogP contribution in [0.15, 0.2) is 18.2 Å². The average Bonchev–Trinajstić information content (AvgIpc) is 2.89. The Balaban J connectivity index is 2.37. The molecule has 2 atom stereocenters. The Morgan fingerprint density at radius 1 is 1.28 bits per heavy atom. The van der Waals surface area contributed by atoms with Gasteiger partial charge in [-0.05, 0) is 64.3 Å². The highest BCUT2D eigenvalue weighted by Gasteiger charge is 2.44. The lowest BCUT2D eigenvalue weighted by Gasteiger charge is -2.32. The molecular weight excluding hydrogens is 349 g/mol. The maximum atomic E-state index is 13.7. The fraction of sp³-hybridized carbons (Fsp3) is 0.556. The van der Waals surface area contributed by atoms with Gasteiger partial charge in [-0.2, -0.15) is 0 Å². The zero-order chi connectivity index (χ0) is 18.8. The Morgan fingerprint density at radius 2 is 1.96 bits per heavy atom. The van der Waals surface area contributed by atoms with Gasteiger partial charge < -0.3 is 9.47 Å². The summed E-state index contributed by atoms with van der Waals surface area (Å²) in [6.07, 6.45) is 0.271. The van der Waals surface area contributed by atoms with Gasteiger partial charge in [-0.15, -0.1) is 0 Å². The van der Waals surface area contributed by atoms with Crippen LogP contribution < -0.4 is 0 Å². The minimum Gasteiger partial charge on any atom is -0.464 e. The number of likely N-dealkylation sites (tertiary alicyclic amines) is 1. The number of hydrogen-bond acceptors (Lipinski definition) is 4. The zero-order valence-electron chi connectivity index (χ0n) is 14.8. The van der Waals surface area contributed by atoms with Gasteiger partial charge in [0, 0.05) is 5.02 Å². The summed E-state index contributed by atoms with van der Waals surface area (Å²) >= 11 is 5.94. The molecule has 0 saturated carbocycles. The normalized spacial score (nSPS) is 20.5. The van der Waals surface area contributed by atoms with Crippen molar-refractivity contribution in [2.45, 2.75) is 58.2 Å². The van der Waals surface area contributed by atoms with Gasteiger partial charge >= 0.3 is 12.1 Å². The molecule has 0 radical (unpaired) electrons. The summed E-state index contributed by atoms with van der Waals surface area (Å²) in [6.45, 7) is 7.15. The summed E-state index contributed by atoms with van der Waals surface area (Å²) in [5.41, 5.74) is -0.189. The molecule has 1 aliphatic rings. The quantitative estimate of drug-likeness (QED) is 0.735. The highest BCUT2D eigenvalue weighted by Crippen LogP contribution is 2.38. The molecule has 5 nitrogen and oxygen atoms in total. The van der Waals surface area contributed by atoms with Gasteiger partial charge in [0.2, 0.25) is 0 Å². The Kier molecular flexibility index (Phi) is 5.93. The molecule has 138 valence electrons. The molecule has 1 aliphatic heterocycles. The number of carbonyl (C=O) groups is 2. The van der Waals surface area contributed by atoms with Crippen LogP contribution >= 0.6 is 11.6 Å². The predicted molar refractivity (Wildman–Crippen MR) is 91.9 cm³/mol. The Bertz CT molecular complexity index is 639. The molecule has 0 aromatic heterocycles. The number of esters is 1. The Hall–Kier alpha value is -1.82. The lowest BCUT2D eigenvalue weighted by Crippen LogP contribution is -2.45. The van der Waals surface area contributed by atoms with E-state index in [9.17, 15) is 14.0 Å². The van der Waals surface area contributed by atoms with Crippen molar-refractivity contribution in [2.75, 3.05) is 6.61 Å². The first-order chi connectivity index (χ1) is 11.6. The van der Waals surface area contributed by atoms with E-state index in [2.05, 4.69) is 0 Å². The summed E-state index contributed by atoms with van der Waals surface area (Å²) < 4.78 is 24.3. The molecule has 7 heteroatoms. The van der Waals surface area contributed by atoms with Gasteiger partial charge in [-0.3, -0.25) is 4.90 Å². The second kappa shape index (κ2) is 7.60. The first-order valence-electron chi connectivity index (χ1n) is 8.26. The van der Waals surface area contributed by atoms with Gasteiger partial charge in [0.15, 0.2) is 0 Å². The Morgan fingerprint density at radius 3 is 2.52 bits per heavy atom. The molecule has 0 spiro atoms. The lowest BCUT2D eigenvalue weighted by molar-refractivity contribution is -0.148. The molecule has 1 saturated heterocycles. The van der Waals surface area contributed by atoms with E-state index in [1.807, 2.05) is 0 Å². The van der Waals surface area contributed by atoms with Crippen LogP contribution in [0.1, 0.15) is 52.1 Å². The van der Waals surface area contributed by atoms with Gasteiger partial charge in [0.25, 0.3) is 0 Å². The third kappa shape index (κ3) is 4.84. The number of nitrogens with zero attached hydrogens (tertiary/aromatic N) is 1. The van der Waals surface area contributed by atoms with E-state index in [-0.39, 0.29) is 11.6 Å². The van der Waals surface area contributed by atoms with Crippen LogP contribution in [0.3, 0.4) is 0 Å². The lowest BCUT2D eigenvalue weighted by atomic mass is 10.0. The standard InChI is InChI=1S/C18H23ClFNO4/c1-5-24-16(22)15-7-6-14(11-8-12(19)10-13(20)9-11)21(15)17(23)25-18(2,3)4/h8-10,14-15H,5-7H2,1-4H3/t14-,15+/m0/s1. The van der Waals surface area contributed by atoms with Crippen molar-refractivity contribution in [1.82, 2.24) is 4.90 Å². The van der Waals surface area contributed by atoms with Crippen LogP contribution in [0.5, 0.6) is 0 Å². The zero-order valence-corrected chi connectivity index (χ0v) is 15.6. The molecule has 1 aromatic rings. The molecule has 1 heterocycles. The first-order valence-corrected chi connectivity index (χ1v) is 8.64. The molecule has 0 aliphatic carbocycles. The van der Waals surface area contributed by atoms with Crippen molar-refractivity contribution in [3.8, 4) is 0 Å². The van der Waals surface area contributed by atoms with Crippen molar-refractivity contribution >= 4 is 23.7 Å². The van der Waals surface area contributed by atoms with Crippen LogP contribution in [-0.4, -0.2) is 35.2 Å². The van der Waals surface area contributed by atoms with Gasteiger partial charge in [0.1, 0.15) is 17.5 Å². The number of carbonyl (C=O) groups excluding carboxylic acids is 2. The maximum Gasteiger partial charge on any atom is 0.411 e. The van der Waals surface area contributed by atoms with E-state index in [1.54, 1.807) is 33.8 Å². The van der Waals surface area contributed by atoms with Gasteiger partial charge in [-0.1, -0.05) is 11.6 Å². The molecule has 0 bridgehead atoms. The predicted octanol–water partition coefficient (Wildman–Crippen LogP) is 4.48. The maximum absolute atomic E-state index is 13.7. The van der Waals surface area contributed by atoms with E-state index in [0.29, 0.717) is 18.4 Å². The number of benzene rings is 1. The molecule has 1 amide bonds. The fourth-order valence-corrected chi connectivity index (χ4v) is 3.18. The first kappa shape index (κ1) is 19.5. The largest absolute Gasteiger partial charge is 0.464 e. The summed E-state index contributed by atoms with van der Waals surface area (Å²) in [4.78, 5) is 26.3. The van der Waals surface area contributed by atoms with Crippen LogP contribution in [0.25, 0.3) is 0 Å². The van der Waals surface area contributed by atoms with E-state index >= 15 is 0 Å². The summed E-state index contributed by atoms with van der Waals surface area (Å²) in [6, 6.07) is 2.85. The van der Waals surface area contributed by atoms with Crippen molar-refractivity contribution < 1.29 is 23.5 Å². The third-order valence-electron chi connectivity index (χ3n) is 3.82. The van der Waals surface area contributed by atoms with E-state index < -0.39 is 35.6 Å². The molecular formula is C18H23ClFNO4. The monoisotopic (exact) mass is 371 g/mol. The molecule has 0 N–H and O–H groups in total. The molecule has 0 unspecified atom stereocenters. The topological polar surface area (TPSA) is 55.8 Å². The second-order valence-electron chi connectivity index (χ2n) is 6.95. The van der Waals surface area contributed by atoms with Gasteiger partial charge in [-0.25, -0.2) is 14.0 Å². The van der Waals surface area contributed by atoms with Crippen molar-refractivity contribution in [3.05, 3.63) is 34.6 Å². The fourth-order valence-electron chi connectivity index (χ4n) is 2.94. The van der Waals surface area contributed by atoms with E-state index in [1.165, 1.54) is 17.0 Å². The Labute approximate surface area is 152 Å². The SMILES string of the molecule is CCOC(=O)[C@H]1CC[C@@H](c2cc(F)cc(Cl)c2)N1C(=O)OC(C)(C)C.